The normalized spacial score (nSPS) is 10.9. The molecule has 0 unspecified atom stereocenters. The van der Waals surface area contributed by atoms with Crippen LogP contribution in [0.25, 0.3) is 17.5 Å². The Hall–Kier alpha value is -3.35. The third-order valence-electron chi connectivity index (χ3n) is 3.14. The number of anilines is 1. The van der Waals surface area contributed by atoms with Crippen LogP contribution < -0.4 is 5.32 Å². The lowest BCUT2D eigenvalue weighted by Crippen LogP contribution is -2.09. The Morgan fingerprint density at radius 2 is 1.62 bits per heavy atom. The van der Waals surface area contributed by atoms with E-state index in [2.05, 4.69) is 20.5 Å². The van der Waals surface area contributed by atoms with Crippen molar-refractivity contribution in [3.8, 4) is 11.4 Å². The van der Waals surface area contributed by atoms with Gasteiger partial charge in [-0.3, -0.25) is 15.2 Å². The molecular weight excluding hydrogens is 314 g/mol. The van der Waals surface area contributed by atoms with Gasteiger partial charge in [-0.1, -0.05) is 12.1 Å². The predicted molar refractivity (Wildman–Crippen MR) is 85.8 cm³/mol. The van der Waals surface area contributed by atoms with Gasteiger partial charge in [0.15, 0.2) is 5.82 Å². The molecule has 1 heterocycles. The fraction of sp³-hybridized carbons (Fsp3) is 0. The number of rotatable bonds is 4. The van der Waals surface area contributed by atoms with Gasteiger partial charge in [0.1, 0.15) is 11.6 Å². The number of hydrogen-bond acceptors (Lipinski definition) is 3. The number of aromatic nitrogens is 3. The Bertz CT molecular complexity index is 870. The summed E-state index contributed by atoms with van der Waals surface area (Å²) in [6.45, 7) is 0. The zero-order valence-corrected chi connectivity index (χ0v) is 12.3. The van der Waals surface area contributed by atoms with E-state index in [0.29, 0.717) is 17.0 Å². The highest BCUT2D eigenvalue weighted by Gasteiger charge is 2.07. The maximum atomic E-state index is 12.9. The third-order valence-corrected chi connectivity index (χ3v) is 3.14. The zero-order valence-electron chi connectivity index (χ0n) is 12.3. The largest absolute Gasteiger partial charge is 0.290 e. The molecule has 0 atom stereocenters. The fourth-order valence-electron chi connectivity index (χ4n) is 1.95. The summed E-state index contributed by atoms with van der Waals surface area (Å²) in [5, 5.41) is 9.04. The van der Waals surface area contributed by atoms with Crippen molar-refractivity contribution in [1.82, 2.24) is 15.2 Å². The molecule has 1 amide bonds. The minimum atomic E-state index is -0.427. The highest BCUT2D eigenvalue weighted by molar-refractivity contribution is 6.00. The number of carbonyl (C=O) groups is 1. The molecule has 5 nitrogen and oxygen atoms in total. The quantitative estimate of drug-likeness (QED) is 0.722. The van der Waals surface area contributed by atoms with Crippen LogP contribution in [0.4, 0.5) is 14.7 Å². The molecule has 0 radical (unpaired) electrons. The summed E-state index contributed by atoms with van der Waals surface area (Å²) >= 11 is 0. The van der Waals surface area contributed by atoms with Crippen LogP contribution in [0, 0.1) is 11.6 Å². The van der Waals surface area contributed by atoms with E-state index in [0.717, 1.165) is 0 Å². The van der Waals surface area contributed by atoms with E-state index in [-0.39, 0.29) is 17.6 Å². The molecule has 24 heavy (non-hydrogen) atoms. The highest BCUT2D eigenvalue weighted by Crippen LogP contribution is 2.16. The smallest absolute Gasteiger partial charge is 0.250 e. The summed E-state index contributed by atoms with van der Waals surface area (Å²) in [6, 6.07) is 11.4. The van der Waals surface area contributed by atoms with Crippen LogP contribution in [0.15, 0.2) is 54.6 Å². The van der Waals surface area contributed by atoms with E-state index in [1.807, 2.05) is 0 Å². The Balaban J connectivity index is 1.64. The van der Waals surface area contributed by atoms with Gasteiger partial charge in [0, 0.05) is 11.6 Å². The van der Waals surface area contributed by atoms with Gasteiger partial charge in [-0.15, -0.1) is 5.10 Å². The van der Waals surface area contributed by atoms with Crippen LogP contribution in [-0.4, -0.2) is 21.1 Å². The standard InChI is InChI=1S/C17H12F2N4O/c18-13-6-1-11(2-7-13)3-10-15(24)20-17-21-16(22-23-17)12-4-8-14(19)9-5-12/h1-10H,(H2,20,21,22,23,24)/b10-3+. The summed E-state index contributed by atoms with van der Waals surface area (Å²) in [5.41, 5.74) is 1.33. The summed E-state index contributed by atoms with van der Waals surface area (Å²) in [7, 11) is 0. The molecule has 2 N–H and O–H groups in total. The molecule has 0 aliphatic carbocycles. The van der Waals surface area contributed by atoms with Gasteiger partial charge in [0.25, 0.3) is 5.91 Å². The van der Waals surface area contributed by atoms with Crippen molar-refractivity contribution >= 4 is 17.9 Å². The number of hydrogen-bond donors (Lipinski definition) is 2. The molecule has 0 bridgehead atoms. The molecule has 2 aromatic carbocycles. The van der Waals surface area contributed by atoms with Gasteiger partial charge in [0.2, 0.25) is 5.95 Å². The van der Waals surface area contributed by atoms with Crippen LogP contribution in [0.1, 0.15) is 5.56 Å². The van der Waals surface area contributed by atoms with Crippen molar-refractivity contribution in [3.63, 3.8) is 0 Å². The average Bonchev–Trinajstić information content (AvgIpc) is 3.03. The highest BCUT2D eigenvalue weighted by atomic mass is 19.1. The second kappa shape index (κ2) is 6.82. The topological polar surface area (TPSA) is 70.7 Å². The first-order valence-corrected chi connectivity index (χ1v) is 7.03. The number of amides is 1. The average molecular weight is 326 g/mol. The first kappa shape index (κ1) is 15.5. The van der Waals surface area contributed by atoms with Gasteiger partial charge >= 0.3 is 0 Å². The van der Waals surface area contributed by atoms with E-state index >= 15 is 0 Å². The van der Waals surface area contributed by atoms with Crippen molar-refractivity contribution in [1.29, 1.82) is 0 Å². The van der Waals surface area contributed by atoms with Crippen molar-refractivity contribution in [2.45, 2.75) is 0 Å². The van der Waals surface area contributed by atoms with Gasteiger partial charge in [-0.25, -0.2) is 8.78 Å². The number of benzene rings is 2. The Kier molecular flexibility index (Phi) is 4.42. The van der Waals surface area contributed by atoms with Crippen molar-refractivity contribution < 1.29 is 13.6 Å². The minimum Gasteiger partial charge on any atom is -0.290 e. The Morgan fingerprint density at radius 3 is 2.29 bits per heavy atom. The third kappa shape index (κ3) is 3.89. The molecule has 7 heteroatoms. The fourth-order valence-corrected chi connectivity index (χ4v) is 1.95. The Morgan fingerprint density at radius 1 is 1.00 bits per heavy atom. The lowest BCUT2D eigenvalue weighted by atomic mass is 10.2. The summed E-state index contributed by atoms with van der Waals surface area (Å²) in [6.07, 6.45) is 2.84. The molecule has 0 saturated carbocycles. The Labute approximate surface area is 136 Å². The SMILES string of the molecule is O=C(/C=C/c1ccc(F)cc1)Nc1n[nH]c(-c2ccc(F)cc2)n1. The first-order valence-electron chi connectivity index (χ1n) is 7.03. The van der Waals surface area contributed by atoms with Crippen LogP contribution in [-0.2, 0) is 4.79 Å². The maximum absolute atomic E-state index is 12.9. The second-order valence-electron chi connectivity index (χ2n) is 4.89. The molecule has 3 aromatic rings. The number of nitrogens with one attached hydrogen (secondary N) is 2. The van der Waals surface area contributed by atoms with E-state index in [1.54, 1.807) is 30.3 Å². The van der Waals surface area contributed by atoms with E-state index in [4.69, 9.17) is 0 Å². The molecule has 0 aliphatic rings. The molecule has 3 rings (SSSR count). The van der Waals surface area contributed by atoms with Crippen LogP contribution in [0.2, 0.25) is 0 Å². The summed E-state index contributed by atoms with van der Waals surface area (Å²) < 4.78 is 25.7. The second-order valence-corrected chi connectivity index (χ2v) is 4.89. The monoisotopic (exact) mass is 326 g/mol. The van der Waals surface area contributed by atoms with Crippen molar-refractivity contribution in [2.75, 3.05) is 5.32 Å². The molecule has 0 spiro atoms. The summed E-state index contributed by atoms with van der Waals surface area (Å²) in [5.74, 6) is -0.608. The number of H-pyrrole nitrogens is 1. The van der Waals surface area contributed by atoms with Gasteiger partial charge < -0.3 is 0 Å². The van der Waals surface area contributed by atoms with Crippen molar-refractivity contribution in [3.05, 3.63) is 71.8 Å². The zero-order chi connectivity index (χ0) is 16.9. The number of halogens is 2. The molecule has 0 saturated heterocycles. The van der Waals surface area contributed by atoms with Crippen LogP contribution in [0.3, 0.4) is 0 Å². The van der Waals surface area contributed by atoms with E-state index in [1.165, 1.54) is 30.3 Å². The number of aromatic amines is 1. The van der Waals surface area contributed by atoms with E-state index < -0.39 is 5.91 Å². The number of carbonyl (C=O) groups excluding carboxylic acids is 1. The van der Waals surface area contributed by atoms with Gasteiger partial charge in [-0.05, 0) is 48.0 Å². The van der Waals surface area contributed by atoms with E-state index in [9.17, 15) is 13.6 Å². The van der Waals surface area contributed by atoms with Gasteiger partial charge in [-0.2, -0.15) is 4.98 Å². The van der Waals surface area contributed by atoms with Crippen LogP contribution in [0.5, 0.6) is 0 Å². The molecule has 1 aromatic heterocycles. The van der Waals surface area contributed by atoms with Crippen LogP contribution >= 0.6 is 0 Å². The lowest BCUT2D eigenvalue weighted by molar-refractivity contribution is -0.111. The number of nitrogens with zero attached hydrogens (tertiary/aromatic N) is 2. The lowest BCUT2D eigenvalue weighted by Gasteiger charge is -1.96. The molecule has 120 valence electrons. The maximum Gasteiger partial charge on any atom is 0.250 e. The summed E-state index contributed by atoms with van der Waals surface area (Å²) in [4.78, 5) is 15.9. The van der Waals surface area contributed by atoms with Crippen molar-refractivity contribution in [2.24, 2.45) is 0 Å². The molecule has 0 fully saturated rings. The molecule has 0 aliphatic heterocycles. The molecular formula is C17H12F2N4O. The predicted octanol–water partition coefficient (Wildman–Crippen LogP) is 3.40. The minimum absolute atomic E-state index is 0.100. The van der Waals surface area contributed by atoms with Gasteiger partial charge in [0.05, 0.1) is 0 Å². The first-order chi connectivity index (χ1) is 11.6.